The van der Waals surface area contributed by atoms with Gasteiger partial charge in [0.1, 0.15) is 5.75 Å². The van der Waals surface area contributed by atoms with E-state index in [1.165, 1.54) is 0 Å². The number of nitrogens with zero attached hydrogens (tertiary/aromatic N) is 2. The summed E-state index contributed by atoms with van der Waals surface area (Å²) in [6.07, 6.45) is 4.65. The first-order valence-corrected chi connectivity index (χ1v) is 7.28. The van der Waals surface area contributed by atoms with Crippen molar-refractivity contribution >= 4 is 27.5 Å². The maximum Gasteiger partial charge on any atom is 0.165 e. The van der Waals surface area contributed by atoms with E-state index in [0.29, 0.717) is 10.4 Å². The molecular formula is C13H14BrClN2O. The number of rotatable bonds is 5. The Balaban J connectivity index is 2.20. The minimum absolute atomic E-state index is 0.658. The highest BCUT2D eigenvalue weighted by Crippen LogP contribution is 2.31. The van der Waals surface area contributed by atoms with Crippen molar-refractivity contribution in [2.75, 3.05) is 0 Å². The second kappa shape index (κ2) is 6.25. The smallest absolute Gasteiger partial charge is 0.165 e. The molecular weight excluding hydrogens is 316 g/mol. The summed E-state index contributed by atoms with van der Waals surface area (Å²) in [7, 11) is 0. The molecule has 0 unspecified atom stereocenters. The van der Waals surface area contributed by atoms with Gasteiger partial charge >= 0.3 is 0 Å². The Hall–Kier alpha value is -1.00. The molecule has 0 saturated heterocycles. The Morgan fingerprint density at radius 1 is 1.44 bits per heavy atom. The zero-order valence-corrected chi connectivity index (χ0v) is 12.4. The SMILES string of the molecule is CCCn1cc(Oc2cccc(Cl)c2CBr)cn1. The number of benzene rings is 1. The van der Waals surface area contributed by atoms with Gasteiger partial charge in [-0.1, -0.05) is 40.5 Å². The largest absolute Gasteiger partial charge is 0.454 e. The molecule has 2 aromatic rings. The molecule has 18 heavy (non-hydrogen) atoms. The van der Waals surface area contributed by atoms with Crippen molar-refractivity contribution in [1.29, 1.82) is 0 Å². The number of aryl methyl sites for hydroxylation is 1. The molecule has 0 atom stereocenters. The lowest BCUT2D eigenvalue weighted by molar-refractivity contribution is 0.476. The lowest BCUT2D eigenvalue weighted by Gasteiger charge is -2.08. The second-order valence-corrected chi connectivity index (χ2v) is 4.86. The summed E-state index contributed by atoms with van der Waals surface area (Å²) >= 11 is 9.54. The van der Waals surface area contributed by atoms with Gasteiger partial charge in [0.15, 0.2) is 5.75 Å². The van der Waals surface area contributed by atoms with Crippen molar-refractivity contribution in [3.63, 3.8) is 0 Å². The van der Waals surface area contributed by atoms with Crippen LogP contribution in [0, 0.1) is 0 Å². The molecule has 5 heteroatoms. The fraction of sp³-hybridized carbons (Fsp3) is 0.308. The molecule has 0 bridgehead atoms. The highest BCUT2D eigenvalue weighted by atomic mass is 79.9. The van der Waals surface area contributed by atoms with Crippen molar-refractivity contribution in [2.24, 2.45) is 0 Å². The summed E-state index contributed by atoms with van der Waals surface area (Å²) in [6.45, 7) is 3.01. The molecule has 0 saturated carbocycles. The number of ether oxygens (including phenoxy) is 1. The topological polar surface area (TPSA) is 27.1 Å². The van der Waals surface area contributed by atoms with Crippen LogP contribution in [-0.2, 0) is 11.9 Å². The monoisotopic (exact) mass is 328 g/mol. The number of aromatic nitrogens is 2. The van der Waals surface area contributed by atoms with E-state index >= 15 is 0 Å². The van der Waals surface area contributed by atoms with Crippen molar-refractivity contribution in [3.8, 4) is 11.5 Å². The van der Waals surface area contributed by atoms with E-state index in [9.17, 15) is 0 Å². The summed E-state index contributed by atoms with van der Waals surface area (Å²) in [4.78, 5) is 0. The van der Waals surface area contributed by atoms with E-state index in [0.717, 1.165) is 30.0 Å². The third-order valence-electron chi connectivity index (χ3n) is 2.50. The maximum atomic E-state index is 6.12. The lowest BCUT2D eigenvalue weighted by atomic mass is 10.2. The molecule has 0 spiro atoms. The molecule has 0 N–H and O–H groups in total. The molecule has 96 valence electrons. The zero-order valence-electron chi connectivity index (χ0n) is 10.1. The van der Waals surface area contributed by atoms with Crippen molar-refractivity contribution in [1.82, 2.24) is 9.78 Å². The minimum atomic E-state index is 0.658. The number of alkyl halides is 1. The fourth-order valence-electron chi connectivity index (χ4n) is 1.64. The van der Waals surface area contributed by atoms with E-state index in [1.807, 2.05) is 29.1 Å². The Bertz CT molecular complexity index is 527. The summed E-state index contributed by atoms with van der Waals surface area (Å²) in [6, 6.07) is 5.63. The van der Waals surface area contributed by atoms with Crippen LogP contribution < -0.4 is 4.74 Å². The molecule has 1 aromatic carbocycles. The molecule has 1 aromatic heterocycles. The predicted octanol–water partition coefficient (Wildman–Crippen LogP) is 4.63. The van der Waals surface area contributed by atoms with Crippen LogP contribution in [0.2, 0.25) is 5.02 Å². The molecule has 3 nitrogen and oxygen atoms in total. The normalized spacial score (nSPS) is 10.6. The Labute approximate surface area is 120 Å². The zero-order chi connectivity index (χ0) is 13.0. The average molecular weight is 330 g/mol. The Morgan fingerprint density at radius 3 is 3.00 bits per heavy atom. The fourth-order valence-corrected chi connectivity index (χ4v) is 2.61. The summed E-state index contributed by atoms with van der Waals surface area (Å²) < 4.78 is 7.68. The first kappa shape index (κ1) is 13.4. The van der Waals surface area contributed by atoms with Crippen LogP contribution in [0.3, 0.4) is 0 Å². The second-order valence-electron chi connectivity index (χ2n) is 3.89. The third-order valence-corrected chi connectivity index (χ3v) is 3.41. The van der Waals surface area contributed by atoms with Crippen LogP contribution in [0.4, 0.5) is 0 Å². The maximum absolute atomic E-state index is 6.12. The summed E-state index contributed by atoms with van der Waals surface area (Å²) in [5.41, 5.74) is 0.947. The third kappa shape index (κ3) is 3.06. The standard InChI is InChI=1S/C13H14BrClN2O/c1-2-6-17-9-10(8-16-17)18-13-5-3-4-12(15)11(13)7-14/h3-5,8-9H,2,6-7H2,1H3. The van der Waals surface area contributed by atoms with Gasteiger partial charge in [-0.05, 0) is 18.6 Å². The Kier molecular flexibility index (Phi) is 4.66. The van der Waals surface area contributed by atoms with Gasteiger partial charge in [-0.15, -0.1) is 0 Å². The van der Waals surface area contributed by atoms with Crippen LogP contribution in [-0.4, -0.2) is 9.78 Å². The number of hydrogen-bond acceptors (Lipinski definition) is 2. The molecule has 0 aliphatic rings. The van der Waals surface area contributed by atoms with E-state index < -0.39 is 0 Å². The van der Waals surface area contributed by atoms with Crippen molar-refractivity contribution in [3.05, 3.63) is 41.2 Å². The van der Waals surface area contributed by atoms with Crippen LogP contribution in [0.5, 0.6) is 11.5 Å². The minimum Gasteiger partial charge on any atom is -0.454 e. The van der Waals surface area contributed by atoms with Crippen molar-refractivity contribution in [2.45, 2.75) is 25.2 Å². The molecule has 0 radical (unpaired) electrons. The van der Waals surface area contributed by atoms with Crippen LogP contribution in [0.15, 0.2) is 30.6 Å². The molecule has 0 aliphatic carbocycles. The first-order chi connectivity index (χ1) is 8.74. The van der Waals surface area contributed by atoms with E-state index in [4.69, 9.17) is 16.3 Å². The molecule has 1 heterocycles. The average Bonchev–Trinajstić information content (AvgIpc) is 2.77. The quantitative estimate of drug-likeness (QED) is 0.748. The number of halogens is 2. The molecule has 0 aliphatic heterocycles. The first-order valence-electron chi connectivity index (χ1n) is 5.78. The van der Waals surface area contributed by atoms with Crippen LogP contribution in [0.1, 0.15) is 18.9 Å². The molecule has 0 amide bonds. The lowest BCUT2D eigenvalue weighted by Crippen LogP contribution is -1.95. The van der Waals surface area contributed by atoms with Gasteiger partial charge in [-0.3, -0.25) is 4.68 Å². The van der Waals surface area contributed by atoms with Gasteiger partial charge in [0, 0.05) is 22.5 Å². The van der Waals surface area contributed by atoms with Crippen molar-refractivity contribution < 1.29 is 4.74 Å². The highest BCUT2D eigenvalue weighted by Gasteiger charge is 2.09. The van der Waals surface area contributed by atoms with Crippen LogP contribution >= 0.6 is 27.5 Å². The number of hydrogen-bond donors (Lipinski definition) is 0. The molecule has 0 fully saturated rings. The van der Waals surface area contributed by atoms with Gasteiger partial charge in [0.2, 0.25) is 0 Å². The van der Waals surface area contributed by atoms with Gasteiger partial charge in [0.05, 0.1) is 12.4 Å². The van der Waals surface area contributed by atoms with E-state index in [-0.39, 0.29) is 0 Å². The Morgan fingerprint density at radius 2 is 2.28 bits per heavy atom. The van der Waals surface area contributed by atoms with Gasteiger partial charge < -0.3 is 4.74 Å². The van der Waals surface area contributed by atoms with Crippen LogP contribution in [0.25, 0.3) is 0 Å². The predicted molar refractivity (Wildman–Crippen MR) is 76.7 cm³/mol. The highest BCUT2D eigenvalue weighted by molar-refractivity contribution is 9.08. The van der Waals surface area contributed by atoms with Gasteiger partial charge in [-0.25, -0.2) is 0 Å². The molecule has 2 rings (SSSR count). The van der Waals surface area contributed by atoms with E-state index in [1.54, 1.807) is 6.20 Å². The van der Waals surface area contributed by atoms with Gasteiger partial charge in [-0.2, -0.15) is 5.10 Å². The summed E-state index contributed by atoms with van der Waals surface area (Å²) in [5.74, 6) is 1.49. The van der Waals surface area contributed by atoms with Gasteiger partial charge in [0.25, 0.3) is 0 Å². The summed E-state index contributed by atoms with van der Waals surface area (Å²) in [5, 5.41) is 5.58. The van der Waals surface area contributed by atoms with E-state index in [2.05, 4.69) is 28.0 Å².